The van der Waals surface area contributed by atoms with Gasteiger partial charge >= 0.3 is 0 Å². The van der Waals surface area contributed by atoms with E-state index < -0.39 is 0 Å². The third-order valence-corrected chi connectivity index (χ3v) is 3.54. The first-order valence-electron chi connectivity index (χ1n) is 6.90. The number of aryl methyl sites for hydroxylation is 2. The minimum absolute atomic E-state index is 0.0530. The second kappa shape index (κ2) is 7.29. The highest BCUT2D eigenvalue weighted by Crippen LogP contribution is 2.12. The summed E-state index contributed by atoms with van der Waals surface area (Å²) in [6, 6.07) is 6.36. The smallest absolute Gasteiger partial charge is 0.225 e. The Morgan fingerprint density at radius 2 is 2.00 bits per heavy atom. The normalized spacial score (nSPS) is 12.5. The molecule has 1 rings (SSSR count). The van der Waals surface area contributed by atoms with E-state index in [4.69, 9.17) is 0 Å². The molecule has 0 aliphatic carbocycles. The van der Waals surface area contributed by atoms with E-state index in [1.54, 1.807) is 0 Å². The molecule has 0 saturated heterocycles. The van der Waals surface area contributed by atoms with Crippen LogP contribution in [0.25, 0.3) is 0 Å². The molecule has 1 unspecified atom stereocenters. The zero-order valence-electron chi connectivity index (χ0n) is 12.4. The van der Waals surface area contributed by atoms with Crippen molar-refractivity contribution < 1.29 is 9.90 Å². The molecule has 0 heterocycles. The standard InChI is InChI=1S/C16H25NO2/c1-11(2)15(10-18)16(19)17-8-7-14-9-12(3)5-6-13(14)4/h5-6,9,11,15,18H,7-8,10H2,1-4H3,(H,17,19). The molecule has 1 aromatic carbocycles. The molecule has 0 fully saturated rings. The van der Waals surface area contributed by atoms with E-state index in [0.29, 0.717) is 6.54 Å². The maximum atomic E-state index is 11.9. The Labute approximate surface area is 116 Å². The van der Waals surface area contributed by atoms with Crippen molar-refractivity contribution in [3.63, 3.8) is 0 Å². The zero-order valence-corrected chi connectivity index (χ0v) is 12.4. The Bertz CT molecular complexity index is 427. The molecule has 1 atom stereocenters. The fourth-order valence-electron chi connectivity index (χ4n) is 2.12. The van der Waals surface area contributed by atoms with Gasteiger partial charge in [0.1, 0.15) is 0 Å². The minimum Gasteiger partial charge on any atom is -0.396 e. The lowest BCUT2D eigenvalue weighted by Gasteiger charge is -2.17. The third kappa shape index (κ3) is 4.67. The van der Waals surface area contributed by atoms with Crippen molar-refractivity contribution >= 4 is 5.91 Å². The van der Waals surface area contributed by atoms with Crippen molar-refractivity contribution in [1.82, 2.24) is 5.32 Å². The molecule has 106 valence electrons. The summed E-state index contributed by atoms with van der Waals surface area (Å²) < 4.78 is 0. The largest absolute Gasteiger partial charge is 0.396 e. The molecule has 0 spiro atoms. The number of hydrogen-bond donors (Lipinski definition) is 2. The van der Waals surface area contributed by atoms with Crippen molar-refractivity contribution in [2.24, 2.45) is 11.8 Å². The van der Waals surface area contributed by atoms with Gasteiger partial charge in [0.05, 0.1) is 12.5 Å². The van der Waals surface area contributed by atoms with E-state index in [0.717, 1.165) is 6.42 Å². The van der Waals surface area contributed by atoms with Crippen LogP contribution in [0.5, 0.6) is 0 Å². The summed E-state index contributed by atoms with van der Waals surface area (Å²) in [5, 5.41) is 12.1. The van der Waals surface area contributed by atoms with Crippen LogP contribution in [0.3, 0.4) is 0 Å². The molecule has 0 aliphatic rings. The van der Waals surface area contributed by atoms with Gasteiger partial charge in [-0.2, -0.15) is 0 Å². The fourth-order valence-corrected chi connectivity index (χ4v) is 2.12. The summed E-state index contributed by atoms with van der Waals surface area (Å²) >= 11 is 0. The Morgan fingerprint density at radius 3 is 2.58 bits per heavy atom. The van der Waals surface area contributed by atoms with Crippen molar-refractivity contribution in [3.05, 3.63) is 34.9 Å². The summed E-state index contributed by atoms with van der Waals surface area (Å²) in [6.45, 7) is 8.58. The first kappa shape index (κ1) is 15.7. The van der Waals surface area contributed by atoms with Crippen LogP contribution in [0.4, 0.5) is 0 Å². The van der Waals surface area contributed by atoms with Gasteiger partial charge in [0.15, 0.2) is 0 Å². The van der Waals surface area contributed by atoms with E-state index in [1.807, 2.05) is 13.8 Å². The predicted molar refractivity (Wildman–Crippen MR) is 78.0 cm³/mol. The molecule has 0 aliphatic heterocycles. The van der Waals surface area contributed by atoms with E-state index >= 15 is 0 Å². The Hall–Kier alpha value is -1.35. The van der Waals surface area contributed by atoms with Crippen molar-refractivity contribution in [2.45, 2.75) is 34.1 Å². The monoisotopic (exact) mass is 263 g/mol. The quantitative estimate of drug-likeness (QED) is 0.827. The number of hydrogen-bond acceptors (Lipinski definition) is 2. The summed E-state index contributed by atoms with van der Waals surface area (Å²) in [4.78, 5) is 11.9. The summed E-state index contributed by atoms with van der Waals surface area (Å²) in [5.41, 5.74) is 3.76. The van der Waals surface area contributed by atoms with Crippen LogP contribution in [0.1, 0.15) is 30.5 Å². The average molecular weight is 263 g/mol. The summed E-state index contributed by atoms with van der Waals surface area (Å²) in [6.07, 6.45) is 0.829. The number of carbonyl (C=O) groups excluding carboxylic acids is 1. The van der Waals surface area contributed by atoms with Crippen LogP contribution in [0.2, 0.25) is 0 Å². The first-order valence-corrected chi connectivity index (χ1v) is 6.90. The molecular weight excluding hydrogens is 238 g/mol. The van der Waals surface area contributed by atoms with Gasteiger partial charge in [-0.05, 0) is 37.3 Å². The lowest BCUT2D eigenvalue weighted by molar-refractivity contribution is -0.127. The number of rotatable bonds is 6. The number of carbonyl (C=O) groups is 1. The molecule has 3 heteroatoms. The Balaban J connectivity index is 2.50. The average Bonchev–Trinajstić information content (AvgIpc) is 2.34. The van der Waals surface area contributed by atoms with Crippen LogP contribution in [0, 0.1) is 25.7 Å². The van der Waals surface area contributed by atoms with Crippen molar-refractivity contribution in [1.29, 1.82) is 0 Å². The number of amides is 1. The molecule has 0 radical (unpaired) electrons. The van der Waals surface area contributed by atoms with E-state index in [1.165, 1.54) is 16.7 Å². The van der Waals surface area contributed by atoms with Crippen LogP contribution in [0.15, 0.2) is 18.2 Å². The number of nitrogens with one attached hydrogen (secondary N) is 1. The maximum Gasteiger partial charge on any atom is 0.225 e. The fraction of sp³-hybridized carbons (Fsp3) is 0.562. The molecule has 2 N–H and O–H groups in total. The van der Waals surface area contributed by atoms with Crippen LogP contribution < -0.4 is 5.32 Å². The lowest BCUT2D eigenvalue weighted by atomic mass is 9.96. The van der Waals surface area contributed by atoms with Gasteiger partial charge in [0.2, 0.25) is 5.91 Å². The van der Waals surface area contributed by atoms with Crippen LogP contribution >= 0.6 is 0 Å². The molecular formula is C16H25NO2. The van der Waals surface area contributed by atoms with Gasteiger partial charge < -0.3 is 10.4 Å². The summed E-state index contributed by atoms with van der Waals surface area (Å²) in [5.74, 6) is -0.202. The highest BCUT2D eigenvalue weighted by Gasteiger charge is 2.20. The third-order valence-electron chi connectivity index (χ3n) is 3.54. The number of benzene rings is 1. The van der Waals surface area contributed by atoms with Gasteiger partial charge in [0.25, 0.3) is 0 Å². The number of aliphatic hydroxyl groups is 1. The van der Waals surface area contributed by atoms with Gasteiger partial charge in [-0.3, -0.25) is 4.79 Å². The first-order chi connectivity index (χ1) is 8.95. The molecule has 0 bridgehead atoms. The topological polar surface area (TPSA) is 49.3 Å². The van der Waals surface area contributed by atoms with Gasteiger partial charge in [0, 0.05) is 6.54 Å². The van der Waals surface area contributed by atoms with E-state index in [9.17, 15) is 9.90 Å². The SMILES string of the molecule is Cc1ccc(C)c(CCNC(=O)C(CO)C(C)C)c1. The minimum atomic E-state index is -0.307. The highest BCUT2D eigenvalue weighted by atomic mass is 16.3. The molecule has 3 nitrogen and oxygen atoms in total. The second-order valence-corrected chi connectivity index (χ2v) is 5.50. The lowest BCUT2D eigenvalue weighted by Crippen LogP contribution is -2.36. The van der Waals surface area contributed by atoms with Gasteiger partial charge in [-0.25, -0.2) is 0 Å². The molecule has 1 aromatic rings. The Kier molecular flexibility index (Phi) is 6.03. The molecule has 0 aromatic heterocycles. The maximum absolute atomic E-state index is 11.9. The molecule has 1 amide bonds. The van der Waals surface area contributed by atoms with Gasteiger partial charge in [-0.15, -0.1) is 0 Å². The second-order valence-electron chi connectivity index (χ2n) is 5.50. The van der Waals surface area contributed by atoms with Crippen molar-refractivity contribution in [3.8, 4) is 0 Å². The van der Waals surface area contributed by atoms with Crippen LogP contribution in [-0.2, 0) is 11.2 Å². The zero-order chi connectivity index (χ0) is 14.4. The summed E-state index contributed by atoms with van der Waals surface area (Å²) in [7, 11) is 0. The predicted octanol–water partition coefficient (Wildman–Crippen LogP) is 2.23. The van der Waals surface area contributed by atoms with Crippen LogP contribution in [-0.4, -0.2) is 24.2 Å². The van der Waals surface area contributed by atoms with E-state index in [-0.39, 0.29) is 24.3 Å². The highest BCUT2D eigenvalue weighted by molar-refractivity contribution is 5.78. The molecule has 0 saturated carbocycles. The number of aliphatic hydroxyl groups excluding tert-OH is 1. The van der Waals surface area contributed by atoms with E-state index in [2.05, 4.69) is 37.4 Å². The molecule has 19 heavy (non-hydrogen) atoms. The Morgan fingerprint density at radius 1 is 1.32 bits per heavy atom. The van der Waals surface area contributed by atoms with Crippen molar-refractivity contribution in [2.75, 3.05) is 13.2 Å². The van der Waals surface area contributed by atoms with Gasteiger partial charge in [-0.1, -0.05) is 37.6 Å².